The molecule has 1 saturated carbocycles. The predicted octanol–water partition coefficient (Wildman–Crippen LogP) is 2.94. The van der Waals surface area contributed by atoms with Crippen molar-refractivity contribution in [1.29, 1.82) is 0 Å². The van der Waals surface area contributed by atoms with Crippen molar-refractivity contribution in [2.45, 2.75) is 96.8 Å². The van der Waals surface area contributed by atoms with Crippen molar-refractivity contribution >= 4 is 73.7 Å². The number of piperidine rings is 1. The van der Waals surface area contributed by atoms with Gasteiger partial charge in [0.25, 0.3) is 0 Å². The number of amides is 3. The number of carboxylic acids is 1. The van der Waals surface area contributed by atoms with Gasteiger partial charge in [0.15, 0.2) is 17.4 Å². The number of hydrogen-bond acceptors (Lipinski definition) is 17. The molecule has 4 aromatic rings. The molecule has 4 aromatic heterocycles. The Labute approximate surface area is 416 Å². The number of carbonyl (C=O) groups excluding carboxylic acids is 6. The number of Topliss-reactive ketones (excluding diaryl/α,β-unsaturated/α-hetero) is 3. The fourth-order valence-corrected chi connectivity index (χ4v) is 8.34. The number of aryl methyl sites for hydroxylation is 2. The van der Waals surface area contributed by atoms with E-state index in [1.807, 2.05) is 6.92 Å². The predicted molar refractivity (Wildman–Crippen MR) is 254 cm³/mol. The number of anilines is 1. The lowest BCUT2D eigenvalue weighted by atomic mass is 10.0. The van der Waals surface area contributed by atoms with Gasteiger partial charge < -0.3 is 45.3 Å². The van der Waals surface area contributed by atoms with Crippen molar-refractivity contribution in [1.82, 2.24) is 39.9 Å². The first-order chi connectivity index (χ1) is 33.9. The van der Waals surface area contributed by atoms with E-state index in [0.29, 0.717) is 53.0 Å². The maximum atomic E-state index is 14.0. The summed E-state index contributed by atoms with van der Waals surface area (Å²) in [7, 11) is 0. The molecule has 0 spiro atoms. The summed E-state index contributed by atoms with van der Waals surface area (Å²) >= 11 is 3.06. The van der Waals surface area contributed by atoms with E-state index >= 15 is 0 Å². The Kier molecular flexibility index (Phi) is 19.4. The topological polar surface area (TPSA) is 299 Å². The molecule has 0 unspecified atom stereocenters. The van der Waals surface area contributed by atoms with Crippen molar-refractivity contribution in [3.63, 3.8) is 0 Å². The number of nitrogens with one attached hydrogen (secondary N) is 2. The molecule has 6 rings (SSSR count). The van der Waals surface area contributed by atoms with E-state index in [4.69, 9.17) is 29.8 Å². The monoisotopic (exact) mass is 1050 g/mol. The van der Waals surface area contributed by atoms with Gasteiger partial charge in [-0.3, -0.25) is 43.2 Å². The number of ether oxygens (including phenoxy) is 4. The van der Waals surface area contributed by atoms with Gasteiger partial charge in [-0.25, -0.2) is 19.3 Å². The molecule has 1 aliphatic carbocycles. The molecule has 1 saturated heterocycles. The van der Waals surface area contributed by atoms with E-state index in [9.17, 15) is 38.0 Å². The minimum Gasteiger partial charge on any atom is -0.480 e. The first kappa shape index (κ1) is 54.3. The molecule has 0 aromatic carbocycles. The third-order valence-corrected chi connectivity index (χ3v) is 12.6. The molecule has 24 heteroatoms. The molecule has 2 aliphatic rings. The van der Waals surface area contributed by atoms with Crippen LogP contribution < -0.4 is 16.4 Å². The summed E-state index contributed by atoms with van der Waals surface area (Å²) in [5.74, 6) is -2.73. The van der Waals surface area contributed by atoms with Gasteiger partial charge >= 0.3 is 5.97 Å². The molecule has 4 atom stereocenters. The maximum absolute atomic E-state index is 14.0. The van der Waals surface area contributed by atoms with Crippen LogP contribution in [0.1, 0.15) is 80.7 Å². The number of pyridine rings is 2. The van der Waals surface area contributed by atoms with E-state index < -0.39 is 29.8 Å². The van der Waals surface area contributed by atoms with Gasteiger partial charge in [0, 0.05) is 75.1 Å². The number of halogens is 2. The van der Waals surface area contributed by atoms with Crippen molar-refractivity contribution in [3.8, 4) is 11.3 Å². The normalized spacial score (nSPS) is 17.5. The van der Waals surface area contributed by atoms with Crippen molar-refractivity contribution < 1.29 is 62.0 Å². The van der Waals surface area contributed by atoms with Crippen LogP contribution >= 0.6 is 15.9 Å². The molecule has 382 valence electrons. The second-order valence-corrected chi connectivity index (χ2v) is 18.4. The highest BCUT2D eigenvalue weighted by atomic mass is 79.9. The van der Waals surface area contributed by atoms with Crippen LogP contribution in [0.3, 0.4) is 0 Å². The number of nitrogens with two attached hydrogens (primary N) is 1. The van der Waals surface area contributed by atoms with Crippen LogP contribution in [-0.4, -0.2) is 158 Å². The summed E-state index contributed by atoms with van der Waals surface area (Å²) < 4.78 is 36.9. The summed E-state index contributed by atoms with van der Waals surface area (Å²) in [5, 5.41) is 19.2. The van der Waals surface area contributed by atoms with Gasteiger partial charge in [-0.05, 0) is 71.6 Å². The van der Waals surface area contributed by atoms with Crippen LogP contribution in [0.25, 0.3) is 22.2 Å². The average molecular weight is 1050 g/mol. The van der Waals surface area contributed by atoms with E-state index in [1.165, 1.54) is 23.9 Å². The smallest absolute Gasteiger partial charge is 0.320 e. The SMILES string of the molecule is CC(=O)c1nn(CC(=O)N2[C@H](C(=O)Nc3nc(Br)c(F)cc3C)C[C@@]3(C)C[C@@H]23)c2cnc(-c3cnc(CCC(=O)COCCOCCNC(=O)COCCOCCCC(=O)CC[C@H](N)C(=O)O)nc3)cc12. The van der Waals surface area contributed by atoms with Gasteiger partial charge in [0.1, 0.15) is 59.6 Å². The number of aliphatic carboxylic acids is 1. The molecule has 3 amide bonds. The lowest BCUT2D eigenvalue weighted by Gasteiger charge is -2.27. The molecule has 1 aliphatic heterocycles. The van der Waals surface area contributed by atoms with E-state index in [-0.39, 0.29) is 148 Å². The number of ketones is 3. The number of hydrogen-bond donors (Lipinski definition) is 4. The van der Waals surface area contributed by atoms with Gasteiger partial charge in [0.05, 0.1) is 50.4 Å². The number of aromatic nitrogens is 6. The third-order valence-electron chi connectivity index (χ3n) is 12.1. The highest BCUT2D eigenvalue weighted by Gasteiger charge is 2.64. The molecule has 22 nitrogen and oxygen atoms in total. The molecular weight excluding hydrogens is 995 g/mol. The fraction of sp³-hybridized carbons (Fsp3) is 0.532. The molecule has 0 bridgehead atoms. The number of rotatable bonds is 30. The van der Waals surface area contributed by atoms with Crippen LogP contribution in [0.5, 0.6) is 0 Å². The summed E-state index contributed by atoms with van der Waals surface area (Å²) in [6.07, 6.45) is 7.23. The van der Waals surface area contributed by atoms with Crippen molar-refractivity contribution in [2.24, 2.45) is 11.1 Å². The molecule has 5 heterocycles. The first-order valence-electron chi connectivity index (χ1n) is 23.2. The average Bonchev–Trinajstić information content (AvgIpc) is 3.70. The van der Waals surface area contributed by atoms with E-state index in [1.54, 1.807) is 30.3 Å². The van der Waals surface area contributed by atoms with Crippen LogP contribution in [0, 0.1) is 18.2 Å². The largest absolute Gasteiger partial charge is 0.480 e. The number of carbonyl (C=O) groups is 7. The van der Waals surface area contributed by atoms with Crippen LogP contribution in [0.4, 0.5) is 10.2 Å². The second kappa shape index (κ2) is 25.4. The Balaban J connectivity index is 0.861. The van der Waals surface area contributed by atoms with Crippen molar-refractivity contribution in [3.05, 3.63) is 58.2 Å². The minimum absolute atomic E-state index is 0.0405. The Morgan fingerprint density at radius 1 is 0.915 bits per heavy atom. The van der Waals surface area contributed by atoms with Gasteiger partial charge in [-0.1, -0.05) is 6.92 Å². The Morgan fingerprint density at radius 3 is 2.34 bits per heavy atom. The quantitative estimate of drug-likeness (QED) is 0.0332. The van der Waals surface area contributed by atoms with Gasteiger partial charge in [-0.15, -0.1) is 0 Å². The molecule has 2 fully saturated rings. The van der Waals surface area contributed by atoms with Crippen LogP contribution in [0.15, 0.2) is 35.3 Å². The number of fused-ring (bicyclic) bond motifs is 2. The second-order valence-electron chi connectivity index (χ2n) is 17.7. The Hall–Kier alpha value is -6.05. The Morgan fingerprint density at radius 2 is 1.62 bits per heavy atom. The minimum atomic E-state index is -1.13. The van der Waals surface area contributed by atoms with Gasteiger partial charge in [0.2, 0.25) is 17.7 Å². The summed E-state index contributed by atoms with van der Waals surface area (Å²) in [6, 6.07) is 0.960. The molecule has 5 N–H and O–H groups in total. The van der Waals surface area contributed by atoms with Crippen molar-refractivity contribution in [2.75, 3.05) is 64.7 Å². The number of likely N-dealkylation sites (tertiary alicyclic amines) is 1. The summed E-state index contributed by atoms with van der Waals surface area (Å²) in [4.78, 5) is 106. The lowest BCUT2D eigenvalue weighted by Crippen LogP contribution is -2.47. The maximum Gasteiger partial charge on any atom is 0.320 e. The zero-order valence-corrected chi connectivity index (χ0v) is 41.3. The molecular formula is C47H58BrFN10O12. The third kappa shape index (κ3) is 15.2. The van der Waals surface area contributed by atoms with Crippen LogP contribution in [-0.2, 0) is 60.7 Å². The summed E-state index contributed by atoms with van der Waals surface area (Å²) in [6.45, 7) is 6.15. The standard InChI is InChI=1S/C47H58BrFN10O12/c1-27-17-33(49)43(48)55-44(27)56-45(65)36-19-47(3)20-38(47)59(36)41(64)24-58-37-23-52-35(18-32(37)42(57-58)28(2)60)29-21-53-39(54-22-29)9-7-31(62)25-70-15-14-69-12-10-51-40(63)26-71-16-13-68-11-4-5-30(61)6-8-34(50)46(66)67/h17-18,21-23,34,36,38H,4-16,19-20,24-26,50H2,1-3H3,(H,51,63)(H,66,67)(H,55,56,65)/t34-,36-,38+,47-/m0/s1. The highest BCUT2D eigenvalue weighted by molar-refractivity contribution is 9.10. The van der Waals surface area contributed by atoms with E-state index in [0.717, 1.165) is 6.42 Å². The first-order valence-corrected chi connectivity index (χ1v) is 24.0. The van der Waals surface area contributed by atoms with Crippen LogP contribution in [0.2, 0.25) is 0 Å². The zero-order chi connectivity index (χ0) is 51.2. The molecule has 0 radical (unpaired) electrons. The Bertz CT molecular complexity index is 2600. The number of carboxylic acid groups (broad SMARTS) is 1. The summed E-state index contributed by atoms with van der Waals surface area (Å²) in [5.41, 5.74) is 7.20. The zero-order valence-electron chi connectivity index (χ0n) is 39.7. The number of nitrogens with zero attached hydrogens (tertiary/aromatic N) is 7. The lowest BCUT2D eigenvalue weighted by molar-refractivity contribution is -0.139. The molecule has 71 heavy (non-hydrogen) atoms. The highest BCUT2D eigenvalue weighted by Crippen LogP contribution is 2.59. The van der Waals surface area contributed by atoms with Gasteiger partial charge in [-0.2, -0.15) is 5.10 Å². The van der Waals surface area contributed by atoms with E-state index in [2.05, 4.69) is 51.6 Å². The fourth-order valence-electron chi connectivity index (χ4n) is 8.04.